The molecule has 3 nitrogen and oxygen atoms in total. The first-order chi connectivity index (χ1) is 4.66. The van der Waals surface area contributed by atoms with Crippen LogP contribution in [-0.4, -0.2) is 11.6 Å². The van der Waals surface area contributed by atoms with Gasteiger partial charge in [-0.05, 0) is 20.3 Å². The van der Waals surface area contributed by atoms with Crippen LogP contribution < -0.4 is 5.43 Å². The maximum Gasteiger partial charge on any atom is 0.240 e. The summed E-state index contributed by atoms with van der Waals surface area (Å²) >= 11 is 0. The zero-order valence-electron chi connectivity index (χ0n) is 6.77. The van der Waals surface area contributed by atoms with Gasteiger partial charge in [-0.2, -0.15) is 5.10 Å². The molecule has 0 aromatic rings. The molecule has 0 rings (SSSR count). The second-order valence-electron chi connectivity index (χ2n) is 2.34. The minimum Gasteiger partial charge on any atom is -0.273 e. The van der Waals surface area contributed by atoms with Crippen molar-refractivity contribution in [2.75, 3.05) is 0 Å². The Bertz CT molecular complexity index is 137. The molecule has 0 unspecified atom stereocenters. The van der Waals surface area contributed by atoms with Crippen LogP contribution in [-0.2, 0) is 4.79 Å². The van der Waals surface area contributed by atoms with Gasteiger partial charge in [0.1, 0.15) is 0 Å². The molecule has 10 heavy (non-hydrogen) atoms. The largest absolute Gasteiger partial charge is 0.273 e. The van der Waals surface area contributed by atoms with E-state index in [4.69, 9.17) is 0 Å². The summed E-state index contributed by atoms with van der Waals surface area (Å²) in [4.78, 5) is 10.7. The van der Waals surface area contributed by atoms with Crippen LogP contribution in [0.1, 0.15) is 33.6 Å². The summed E-state index contributed by atoms with van der Waals surface area (Å²) < 4.78 is 0. The van der Waals surface area contributed by atoms with Crippen molar-refractivity contribution in [3.8, 4) is 0 Å². The molecule has 0 aliphatic rings. The number of rotatable bonds is 3. The van der Waals surface area contributed by atoms with Gasteiger partial charge in [0.05, 0.1) is 0 Å². The lowest BCUT2D eigenvalue weighted by Crippen LogP contribution is -2.17. The van der Waals surface area contributed by atoms with E-state index in [0.717, 1.165) is 12.1 Å². The van der Waals surface area contributed by atoms with Gasteiger partial charge in [0, 0.05) is 12.1 Å². The van der Waals surface area contributed by atoms with Crippen LogP contribution in [0.2, 0.25) is 0 Å². The van der Waals surface area contributed by atoms with Crippen molar-refractivity contribution in [2.24, 2.45) is 5.10 Å². The molecule has 0 spiro atoms. The molecule has 0 atom stereocenters. The molecule has 0 aliphatic carbocycles. The third-order valence-electron chi connectivity index (χ3n) is 0.881. The van der Waals surface area contributed by atoms with Crippen LogP contribution in [0.3, 0.4) is 0 Å². The smallest absolute Gasteiger partial charge is 0.240 e. The maximum absolute atomic E-state index is 10.7. The molecule has 0 heterocycles. The van der Waals surface area contributed by atoms with E-state index in [2.05, 4.69) is 10.5 Å². The summed E-state index contributed by atoms with van der Waals surface area (Å²) in [6.45, 7) is 5.64. The fourth-order valence-electron chi connectivity index (χ4n) is 0.457. The van der Waals surface area contributed by atoms with E-state index < -0.39 is 0 Å². The van der Waals surface area contributed by atoms with Gasteiger partial charge in [0.25, 0.3) is 0 Å². The van der Waals surface area contributed by atoms with E-state index in [0.29, 0.717) is 6.42 Å². The van der Waals surface area contributed by atoms with Gasteiger partial charge >= 0.3 is 0 Å². The summed E-state index contributed by atoms with van der Waals surface area (Å²) in [5.41, 5.74) is 3.30. The Morgan fingerprint density at radius 2 is 2.10 bits per heavy atom. The Kier molecular flexibility index (Phi) is 4.54. The second-order valence-corrected chi connectivity index (χ2v) is 2.34. The van der Waals surface area contributed by atoms with E-state index in [1.165, 1.54) is 0 Å². The van der Waals surface area contributed by atoms with Crippen LogP contribution in [0.4, 0.5) is 0 Å². The molecular weight excluding hydrogens is 128 g/mol. The molecular formula is C7H14N2O. The number of nitrogens with zero attached hydrogens (tertiary/aromatic N) is 1. The first-order valence-electron chi connectivity index (χ1n) is 3.46. The number of hydrazone groups is 1. The van der Waals surface area contributed by atoms with Gasteiger partial charge in [-0.15, -0.1) is 0 Å². The monoisotopic (exact) mass is 142 g/mol. The number of carbonyl (C=O) groups is 1. The minimum atomic E-state index is -0.0105. The van der Waals surface area contributed by atoms with Gasteiger partial charge < -0.3 is 0 Å². The van der Waals surface area contributed by atoms with Crippen molar-refractivity contribution in [1.82, 2.24) is 5.43 Å². The summed E-state index contributed by atoms with van der Waals surface area (Å²) in [6, 6.07) is 0. The summed E-state index contributed by atoms with van der Waals surface area (Å²) in [6.07, 6.45) is 1.42. The van der Waals surface area contributed by atoms with E-state index in [1.54, 1.807) is 0 Å². The fraction of sp³-hybridized carbons (Fsp3) is 0.714. The van der Waals surface area contributed by atoms with Crippen molar-refractivity contribution in [3.05, 3.63) is 0 Å². The lowest BCUT2D eigenvalue weighted by molar-refractivity contribution is -0.121. The van der Waals surface area contributed by atoms with Gasteiger partial charge in [-0.1, -0.05) is 6.92 Å². The second kappa shape index (κ2) is 4.97. The normalized spacial score (nSPS) is 8.70. The van der Waals surface area contributed by atoms with Gasteiger partial charge in [-0.25, -0.2) is 5.43 Å². The van der Waals surface area contributed by atoms with E-state index >= 15 is 0 Å². The van der Waals surface area contributed by atoms with Gasteiger partial charge in [0.2, 0.25) is 5.91 Å². The SMILES string of the molecule is CCCC(=O)NN=C(C)C. The minimum absolute atomic E-state index is 0.0105. The first kappa shape index (κ1) is 9.14. The van der Waals surface area contributed by atoms with Crippen molar-refractivity contribution < 1.29 is 4.79 Å². The van der Waals surface area contributed by atoms with Crippen LogP contribution in [0.5, 0.6) is 0 Å². The van der Waals surface area contributed by atoms with Crippen LogP contribution in [0, 0.1) is 0 Å². The predicted molar refractivity (Wildman–Crippen MR) is 41.8 cm³/mol. The number of hydrogen-bond acceptors (Lipinski definition) is 2. The molecule has 1 amide bonds. The number of amides is 1. The van der Waals surface area contributed by atoms with Crippen molar-refractivity contribution >= 4 is 11.6 Å². The van der Waals surface area contributed by atoms with Crippen molar-refractivity contribution in [3.63, 3.8) is 0 Å². The topological polar surface area (TPSA) is 41.5 Å². The molecule has 0 aromatic carbocycles. The van der Waals surface area contributed by atoms with Crippen molar-refractivity contribution in [1.29, 1.82) is 0 Å². The number of carbonyl (C=O) groups excluding carboxylic acids is 1. The van der Waals surface area contributed by atoms with Gasteiger partial charge in [-0.3, -0.25) is 4.79 Å². The number of nitrogens with one attached hydrogen (secondary N) is 1. The zero-order chi connectivity index (χ0) is 7.98. The van der Waals surface area contributed by atoms with Crippen LogP contribution in [0.15, 0.2) is 5.10 Å². The quantitative estimate of drug-likeness (QED) is 0.468. The van der Waals surface area contributed by atoms with Gasteiger partial charge in [0.15, 0.2) is 0 Å². The molecule has 58 valence electrons. The summed E-state index contributed by atoms with van der Waals surface area (Å²) in [5.74, 6) is -0.0105. The van der Waals surface area contributed by atoms with Crippen LogP contribution in [0.25, 0.3) is 0 Å². The lowest BCUT2D eigenvalue weighted by atomic mass is 10.3. The molecule has 0 aliphatic heterocycles. The molecule has 0 radical (unpaired) electrons. The zero-order valence-corrected chi connectivity index (χ0v) is 6.77. The van der Waals surface area contributed by atoms with Crippen LogP contribution >= 0.6 is 0 Å². The highest BCUT2D eigenvalue weighted by atomic mass is 16.2. The number of hydrogen-bond donors (Lipinski definition) is 1. The Morgan fingerprint density at radius 3 is 2.50 bits per heavy atom. The van der Waals surface area contributed by atoms with E-state index in [-0.39, 0.29) is 5.91 Å². The third kappa shape index (κ3) is 5.28. The first-order valence-corrected chi connectivity index (χ1v) is 3.46. The lowest BCUT2D eigenvalue weighted by Gasteiger charge is -1.95. The highest BCUT2D eigenvalue weighted by Crippen LogP contribution is 1.84. The average molecular weight is 142 g/mol. The molecule has 0 aromatic heterocycles. The molecule has 0 bridgehead atoms. The third-order valence-corrected chi connectivity index (χ3v) is 0.881. The van der Waals surface area contributed by atoms with E-state index in [9.17, 15) is 4.79 Å². The van der Waals surface area contributed by atoms with E-state index in [1.807, 2.05) is 20.8 Å². The highest BCUT2D eigenvalue weighted by Gasteiger charge is 1.94. The Hall–Kier alpha value is -0.860. The summed E-state index contributed by atoms with van der Waals surface area (Å²) in [7, 11) is 0. The molecule has 1 N–H and O–H groups in total. The summed E-state index contributed by atoms with van der Waals surface area (Å²) in [5, 5.41) is 3.76. The maximum atomic E-state index is 10.7. The van der Waals surface area contributed by atoms with Crippen molar-refractivity contribution in [2.45, 2.75) is 33.6 Å². The molecule has 0 fully saturated rings. The molecule has 3 heteroatoms. The molecule has 0 saturated heterocycles. The highest BCUT2D eigenvalue weighted by molar-refractivity contribution is 5.82. The Balaban J connectivity index is 3.49. The fourth-order valence-corrected chi connectivity index (χ4v) is 0.457. The average Bonchev–Trinajstić information content (AvgIpc) is 1.85. The standard InChI is InChI=1S/C7H14N2O/c1-4-5-7(10)9-8-6(2)3/h4-5H2,1-3H3,(H,9,10). The Labute approximate surface area is 61.5 Å². The molecule has 0 saturated carbocycles. The predicted octanol–water partition coefficient (Wildman–Crippen LogP) is 1.30. The Morgan fingerprint density at radius 1 is 1.50 bits per heavy atom.